The van der Waals surface area contributed by atoms with E-state index in [1.54, 1.807) is 20.7 Å². The van der Waals surface area contributed by atoms with Crippen molar-refractivity contribution in [3.05, 3.63) is 36.4 Å². The lowest BCUT2D eigenvalue weighted by atomic mass is 9.76. The van der Waals surface area contributed by atoms with Crippen LogP contribution in [0.1, 0.15) is 89.9 Å². The molecule has 5 rings (SSSR count). The molecule has 2 aliphatic heterocycles. The van der Waals surface area contributed by atoms with Gasteiger partial charge in [0.15, 0.2) is 0 Å². The lowest BCUT2D eigenvalue weighted by Crippen LogP contribution is -2.49. The number of sulfonamides is 1. The highest BCUT2D eigenvalue weighted by molar-refractivity contribution is 7.89. The third kappa shape index (κ3) is 9.81. The predicted octanol–water partition coefficient (Wildman–Crippen LogP) is 5.81. The van der Waals surface area contributed by atoms with E-state index in [1.807, 2.05) is 31.1 Å². The zero-order valence-electron chi connectivity index (χ0n) is 29.2. The molecule has 9 nitrogen and oxygen atoms in total. The maximum Gasteiger partial charge on any atom is 0.282 e. The number of hydrogen-bond acceptors (Lipinski definition) is 6. The van der Waals surface area contributed by atoms with Crippen molar-refractivity contribution in [1.82, 2.24) is 17.8 Å². The molecule has 2 saturated carbocycles. The Bertz CT molecular complexity index is 1350. The average Bonchev–Trinajstić information content (AvgIpc) is 3.07. The van der Waals surface area contributed by atoms with Crippen molar-refractivity contribution in [1.29, 1.82) is 0 Å². The van der Waals surface area contributed by atoms with Gasteiger partial charge in [0.25, 0.3) is 10.2 Å². The molecule has 266 valence electrons. The molecule has 1 aromatic rings. The third-order valence-corrected chi connectivity index (χ3v) is 15.1. The smallest absolute Gasteiger partial charge is 0.282 e. The van der Waals surface area contributed by atoms with Crippen LogP contribution in [0.2, 0.25) is 0 Å². The first-order valence-electron chi connectivity index (χ1n) is 18.5. The molecular weight excluding hydrogens is 631 g/mol. The standard InChI is InChI=1S/C36H61N5O4S2/c1-31-28-40(46(42,43)36-18-16-35(17-19-36)37(2)3)24-10-22-38(30-32-12-6-4-7-13-32)23-11-25-41(29-31)47(44,45)39-26-20-34(21-27-39)33-14-8-5-9-15-33/h16-19,32-34H,1,4-15,20-30H2,2-3H3. The molecule has 0 aromatic heterocycles. The number of piperidine rings is 1. The van der Waals surface area contributed by atoms with Gasteiger partial charge in [-0.05, 0) is 99.2 Å². The van der Waals surface area contributed by atoms with E-state index in [0.717, 1.165) is 56.9 Å². The second-order valence-corrected chi connectivity index (χ2v) is 18.8. The van der Waals surface area contributed by atoms with Crippen LogP contribution < -0.4 is 4.90 Å². The summed E-state index contributed by atoms with van der Waals surface area (Å²) in [6.45, 7) is 9.08. The van der Waals surface area contributed by atoms with E-state index < -0.39 is 20.2 Å². The average molecular weight is 692 g/mol. The van der Waals surface area contributed by atoms with Gasteiger partial charge in [0.2, 0.25) is 10.0 Å². The van der Waals surface area contributed by atoms with Crippen molar-refractivity contribution in [2.45, 2.75) is 94.8 Å². The molecule has 11 heteroatoms. The van der Waals surface area contributed by atoms with E-state index in [2.05, 4.69) is 11.5 Å². The quantitative estimate of drug-likeness (QED) is 0.320. The minimum Gasteiger partial charge on any atom is -0.378 e. The third-order valence-electron chi connectivity index (χ3n) is 11.3. The predicted molar refractivity (Wildman–Crippen MR) is 192 cm³/mol. The van der Waals surface area contributed by atoms with Gasteiger partial charge in [-0.25, -0.2) is 8.42 Å². The highest BCUT2D eigenvalue weighted by Gasteiger charge is 2.36. The van der Waals surface area contributed by atoms with Crippen LogP contribution in [0.3, 0.4) is 0 Å². The SMILES string of the molecule is C=C1CN(S(=O)(=O)c2ccc(N(C)C)cc2)CCCN(CC2CCCCC2)CCCN(S(=O)(=O)N2CCC(C3CCCCC3)CC2)C1. The van der Waals surface area contributed by atoms with Crippen molar-refractivity contribution in [3.8, 4) is 0 Å². The topological polar surface area (TPSA) is 84.5 Å². The Morgan fingerprint density at radius 2 is 1.17 bits per heavy atom. The normalized spacial score (nSPS) is 24.5. The molecule has 47 heavy (non-hydrogen) atoms. The molecule has 0 amide bonds. The van der Waals surface area contributed by atoms with Gasteiger partial charge in [0.1, 0.15) is 0 Å². The van der Waals surface area contributed by atoms with E-state index in [-0.39, 0.29) is 18.0 Å². The Morgan fingerprint density at radius 1 is 0.638 bits per heavy atom. The molecule has 4 fully saturated rings. The first-order chi connectivity index (χ1) is 22.5. The van der Waals surface area contributed by atoms with Gasteiger partial charge in [0, 0.05) is 65.6 Å². The number of benzene rings is 1. The fourth-order valence-corrected chi connectivity index (χ4v) is 11.7. The Balaban J connectivity index is 1.33. The highest BCUT2D eigenvalue weighted by Crippen LogP contribution is 2.36. The summed E-state index contributed by atoms with van der Waals surface area (Å²) in [5, 5.41) is 0. The van der Waals surface area contributed by atoms with Gasteiger partial charge in [-0.2, -0.15) is 21.3 Å². The zero-order chi connectivity index (χ0) is 33.4. The van der Waals surface area contributed by atoms with Gasteiger partial charge in [-0.3, -0.25) is 0 Å². The largest absolute Gasteiger partial charge is 0.378 e. The van der Waals surface area contributed by atoms with Crippen LogP contribution in [-0.4, -0.2) is 108 Å². The molecule has 2 saturated heterocycles. The number of nitrogens with zero attached hydrogens (tertiary/aromatic N) is 5. The lowest BCUT2D eigenvalue weighted by molar-refractivity contribution is 0.164. The summed E-state index contributed by atoms with van der Waals surface area (Å²) in [6, 6.07) is 7.00. The van der Waals surface area contributed by atoms with Crippen LogP contribution in [0.15, 0.2) is 41.3 Å². The van der Waals surface area contributed by atoms with Gasteiger partial charge >= 0.3 is 0 Å². The van der Waals surface area contributed by atoms with Crippen LogP contribution >= 0.6 is 0 Å². The second kappa shape index (κ2) is 16.9. The molecule has 0 unspecified atom stereocenters. The van der Waals surface area contributed by atoms with Gasteiger partial charge in [-0.15, -0.1) is 0 Å². The van der Waals surface area contributed by atoms with Crippen molar-refractivity contribution < 1.29 is 16.8 Å². The fourth-order valence-electron chi connectivity index (χ4n) is 8.49. The van der Waals surface area contributed by atoms with E-state index >= 15 is 0 Å². The van der Waals surface area contributed by atoms with E-state index in [4.69, 9.17) is 0 Å². The summed E-state index contributed by atoms with van der Waals surface area (Å²) in [5.74, 6) is 2.04. The molecule has 4 aliphatic rings. The van der Waals surface area contributed by atoms with Crippen molar-refractivity contribution in [2.24, 2.45) is 17.8 Å². The zero-order valence-corrected chi connectivity index (χ0v) is 30.8. The Hall–Kier alpha value is -1.50. The molecule has 2 heterocycles. The molecule has 0 N–H and O–H groups in total. The second-order valence-electron chi connectivity index (χ2n) is 15.0. The molecule has 2 aliphatic carbocycles. The summed E-state index contributed by atoms with van der Waals surface area (Å²) in [6.07, 6.45) is 16.3. The molecule has 0 atom stereocenters. The highest BCUT2D eigenvalue weighted by atomic mass is 32.2. The Labute approximate surface area is 286 Å². The summed E-state index contributed by atoms with van der Waals surface area (Å²) >= 11 is 0. The van der Waals surface area contributed by atoms with Crippen LogP contribution in [0.25, 0.3) is 0 Å². The van der Waals surface area contributed by atoms with E-state index in [9.17, 15) is 16.8 Å². The van der Waals surface area contributed by atoms with Crippen LogP contribution in [0.4, 0.5) is 5.69 Å². The maximum absolute atomic E-state index is 14.2. The van der Waals surface area contributed by atoms with Crippen molar-refractivity contribution in [2.75, 3.05) is 77.9 Å². The molecule has 0 bridgehead atoms. The summed E-state index contributed by atoms with van der Waals surface area (Å²) in [5.41, 5.74) is 1.54. The van der Waals surface area contributed by atoms with Gasteiger partial charge in [0.05, 0.1) is 4.90 Å². The first-order valence-corrected chi connectivity index (χ1v) is 21.3. The molecule has 1 aromatic carbocycles. The summed E-state index contributed by atoms with van der Waals surface area (Å²) in [7, 11) is -3.65. The van der Waals surface area contributed by atoms with E-state index in [0.29, 0.717) is 43.6 Å². The van der Waals surface area contributed by atoms with Crippen LogP contribution in [0, 0.1) is 17.8 Å². The first kappa shape index (κ1) is 36.8. The Morgan fingerprint density at radius 3 is 1.77 bits per heavy atom. The van der Waals surface area contributed by atoms with Crippen LogP contribution in [-0.2, 0) is 20.2 Å². The molecule has 0 radical (unpaired) electrons. The minimum absolute atomic E-state index is 0.107. The summed E-state index contributed by atoms with van der Waals surface area (Å²) in [4.78, 5) is 4.68. The van der Waals surface area contributed by atoms with Crippen LogP contribution in [0.5, 0.6) is 0 Å². The van der Waals surface area contributed by atoms with Gasteiger partial charge < -0.3 is 9.80 Å². The number of anilines is 1. The van der Waals surface area contributed by atoms with E-state index in [1.165, 1.54) is 68.5 Å². The minimum atomic E-state index is -3.80. The monoisotopic (exact) mass is 691 g/mol. The van der Waals surface area contributed by atoms with Crippen molar-refractivity contribution in [3.63, 3.8) is 0 Å². The summed E-state index contributed by atoms with van der Waals surface area (Å²) < 4.78 is 61.4. The number of hydrogen-bond donors (Lipinski definition) is 0. The molecule has 0 spiro atoms. The number of rotatable bonds is 8. The molecular formula is C36H61N5O4S2. The maximum atomic E-state index is 14.2. The lowest BCUT2D eigenvalue weighted by Gasteiger charge is -2.39. The van der Waals surface area contributed by atoms with Crippen molar-refractivity contribution >= 4 is 25.9 Å². The Kier molecular flexibility index (Phi) is 13.3. The van der Waals surface area contributed by atoms with Gasteiger partial charge in [-0.1, -0.05) is 57.9 Å². The fraction of sp³-hybridized carbons (Fsp3) is 0.778.